The Morgan fingerprint density at radius 3 is 2.59 bits per heavy atom. The normalized spacial score (nSPS) is 22.0. The zero-order valence-electron chi connectivity index (χ0n) is 13.0. The fourth-order valence-corrected chi connectivity index (χ4v) is 2.75. The zero-order valence-corrected chi connectivity index (χ0v) is 13.0. The first-order valence-corrected chi connectivity index (χ1v) is 7.31. The van der Waals surface area contributed by atoms with Crippen LogP contribution in [0.2, 0.25) is 0 Å². The SMILES string of the molecule is COc1cc(/C=N/N2[C@H](C)CCC[C@@H]2C)cc([N+](=O)[O-])c1O. The van der Waals surface area contributed by atoms with E-state index in [9.17, 15) is 15.2 Å². The highest BCUT2D eigenvalue weighted by Crippen LogP contribution is 2.36. The van der Waals surface area contributed by atoms with E-state index in [0.29, 0.717) is 17.6 Å². The maximum atomic E-state index is 11.0. The van der Waals surface area contributed by atoms with Crippen LogP contribution in [0.1, 0.15) is 38.7 Å². The van der Waals surface area contributed by atoms with E-state index in [1.807, 2.05) is 5.01 Å². The molecule has 0 bridgehead atoms. The molecule has 0 spiro atoms. The first-order chi connectivity index (χ1) is 10.4. The fourth-order valence-electron chi connectivity index (χ4n) is 2.75. The first kappa shape index (κ1) is 16.1. The molecule has 1 aromatic carbocycles. The molecule has 1 heterocycles. The molecule has 0 aromatic heterocycles. The molecule has 1 fully saturated rings. The summed E-state index contributed by atoms with van der Waals surface area (Å²) in [7, 11) is 1.36. The third kappa shape index (κ3) is 3.29. The number of phenolic OH excluding ortho intramolecular Hbond substituents is 1. The van der Waals surface area contributed by atoms with Gasteiger partial charge in [0.1, 0.15) is 0 Å². The molecule has 7 heteroatoms. The minimum atomic E-state index is -0.638. The van der Waals surface area contributed by atoms with Gasteiger partial charge in [0.15, 0.2) is 5.75 Å². The summed E-state index contributed by atoms with van der Waals surface area (Å²) in [6.45, 7) is 4.24. The minimum Gasteiger partial charge on any atom is -0.500 e. The summed E-state index contributed by atoms with van der Waals surface area (Å²) in [5.74, 6) is -0.403. The molecule has 0 radical (unpaired) electrons. The van der Waals surface area contributed by atoms with Crippen molar-refractivity contribution in [3.63, 3.8) is 0 Å². The van der Waals surface area contributed by atoms with Crippen molar-refractivity contribution in [1.29, 1.82) is 0 Å². The predicted octanol–water partition coefficient (Wildman–Crippen LogP) is 2.91. The van der Waals surface area contributed by atoms with Gasteiger partial charge in [-0.05, 0) is 39.2 Å². The summed E-state index contributed by atoms with van der Waals surface area (Å²) in [4.78, 5) is 10.3. The second kappa shape index (κ2) is 6.64. The number of benzene rings is 1. The first-order valence-electron chi connectivity index (χ1n) is 7.31. The molecule has 1 saturated heterocycles. The van der Waals surface area contributed by atoms with Crippen LogP contribution < -0.4 is 4.74 Å². The smallest absolute Gasteiger partial charge is 0.315 e. The van der Waals surface area contributed by atoms with E-state index in [4.69, 9.17) is 4.74 Å². The Kier molecular flexibility index (Phi) is 4.85. The molecule has 1 aliphatic rings. The average molecular weight is 307 g/mol. The lowest BCUT2D eigenvalue weighted by Gasteiger charge is -2.36. The highest BCUT2D eigenvalue weighted by Gasteiger charge is 2.23. The number of aromatic hydroxyl groups is 1. The summed E-state index contributed by atoms with van der Waals surface area (Å²) in [6, 6.07) is 3.51. The van der Waals surface area contributed by atoms with Crippen LogP contribution in [0.4, 0.5) is 5.69 Å². The van der Waals surface area contributed by atoms with Gasteiger partial charge in [0.05, 0.1) is 18.2 Å². The van der Waals surface area contributed by atoms with Crippen molar-refractivity contribution in [1.82, 2.24) is 5.01 Å². The van der Waals surface area contributed by atoms with Gasteiger partial charge in [0.2, 0.25) is 5.75 Å². The molecule has 2 atom stereocenters. The maximum Gasteiger partial charge on any atom is 0.315 e. The number of nitrogens with zero attached hydrogens (tertiary/aromatic N) is 3. The third-order valence-electron chi connectivity index (χ3n) is 3.98. The number of ether oxygens (including phenoxy) is 1. The molecule has 22 heavy (non-hydrogen) atoms. The van der Waals surface area contributed by atoms with Crippen LogP contribution in [0.3, 0.4) is 0 Å². The molecular formula is C15H21N3O4. The molecule has 0 saturated carbocycles. The van der Waals surface area contributed by atoms with E-state index >= 15 is 0 Å². The number of rotatable bonds is 4. The van der Waals surface area contributed by atoms with E-state index in [1.54, 1.807) is 6.21 Å². The molecule has 1 aromatic rings. The van der Waals surface area contributed by atoms with Gasteiger partial charge in [0, 0.05) is 23.7 Å². The van der Waals surface area contributed by atoms with Gasteiger partial charge in [-0.15, -0.1) is 0 Å². The Hall–Kier alpha value is -2.31. The van der Waals surface area contributed by atoms with Crippen LogP contribution in [0.5, 0.6) is 11.5 Å². The molecule has 1 N–H and O–H groups in total. The van der Waals surface area contributed by atoms with Crippen LogP contribution in [0.15, 0.2) is 17.2 Å². The molecule has 0 aliphatic carbocycles. The van der Waals surface area contributed by atoms with Gasteiger partial charge in [-0.3, -0.25) is 15.1 Å². The van der Waals surface area contributed by atoms with E-state index in [1.165, 1.54) is 25.7 Å². The molecule has 7 nitrogen and oxygen atoms in total. The number of nitro benzene ring substituents is 1. The number of hydrogen-bond acceptors (Lipinski definition) is 6. The van der Waals surface area contributed by atoms with Crippen molar-refractivity contribution in [3.05, 3.63) is 27.8 Å². The van der Waals surface area contributed by atoms with E-state index in [-0.39, 0.29) is 11.4 Å². The minimum absolute atomic E-state index is 0.0652. The van der Waals surface area contributed by atoms with Gasteiger partial charge in [-0.25, -0.2) is 0 Å². The molecule has 0 unspecified atom stereocenters. The lowest BCUT2D eigenvalue weighted by atomic mass is 10.00. The summed E-state index contributed by atoms with van der Waals surface area (Å²) in [5, 5.41) is 27.2. The summed E-state index contributed by atoms with van der Waals surface area (Å²) >= 11 is 0. The molecule has 0 amide bonds. The third-order valence-corrected chi connectivity index (χ3v) is 3.98. The second-order valence-electron chi connectivity index (χ2n) is 5.60. The number of nitro groups is 1. The predicted molar refractivity (Wildman–Crippen MR) is 83.5 cm³/mol. The fraction of sp³-hybridized carbons (Fsp3) is 0.533. The highest BCUT2D eigenvalue weighted by molar-refractivity contribution is 5.83. The number of methoxy groups -OCH3 is 1. The average Bonchev–Trinajstić information content (AvgIpc) is 2.47. The van der Waals surface area contributed by atoms with E-state index in [0.717, 1.165) is 12.8 Å². The Morgan fingerprint density at radius 2 is 2.05 bits per heavy atom. The zero-order chi connectivity index (χ0) is 16.3. The molecule has 120 valence electrons. The second-order valence-corrected chi connectivity index (χ2v) is 5.60. The van der Waals surface area contributed by atoms with Crippen LogP contribution in [-0.2, 0) is 0 Å². The van der Waals surface area contributed by atoms with Crippen molar-refractivity contribution in [2.75, 3.05) is 7.11 Å². The Balaban J connectivity index is 2.30. The monoisotopic (exact) mass is 307 g/mol. The number of hydrazone groups is 1. The maximum absolute atomic E-state index is 11.0. The van der Waals surface area contributed by atoms with Crippen LogP contribution in [0.25, 0.3) is 0 Å². The van der Waals surface area contributed by atoms with Crippen molar-refractivity contribution in [2.24, 2.45) is 5.10 Å². The van der Waals surface area contributed by atoms with Crippen LogP contribution in [-0.4, -0.2) is 40.4 Å². The van der Waals surface area contributed by atoms with Gasteiger partial charge < -0.3 is 9.84 Å². The van der Waals surface area contributed by atoms with Crippen molar-refractivity contribution >= 4 is 11.9 Å². The molecule has 1 aliphatic heterocycles. The summed E-state index contributed by atoms with van der Waals surface area (Å²) in [6.07, 6.45) is 4.93. The summed E-state index contributed by atoms with van der Waals surface area (Å²) in [5.41, 5.74) is 0.131. The lowest BCUT2D eigenvalue weighted by Crippen LogP contribution is -2.39. The highest BCUT2D eigenvalue weighted by atomic mass is 16.6. The van der Waals surface area contributed by atoms with Crippen LogP contribution in [0, 0.1) is 10.1 Å². The van der Waals surface area contributed by atoms with E-state index in [2.05, 4.69) is 18.9 Å². The molecule has 2 rings (SSSR count). The van der Waals surface area contributed by atoms with Gasteiger partial charge in [-0.1, -0.05) is 0 Å². The van der Waals surface area contributed by atoms with Gasteiger partial charge in [-0.2, -0.15) is 5.10 Å². The van der Waals surface area contributed by atoms with Crippen molar-refractivity contribution in [3.8, 4) is 11.5 Å². The Labute approximate surface area is 129 Å². The Morgan fingerprint density at radius 1 is 1.41 bits per heavy atom. The lowest BCUT2D eigenvalue weighted by molar-refractivity contribution is -0.386. The molecular weight excluding hydrogens is 286 g/mol. The topological polar surface area (TPSA) is 88.2 Å². The van der Waals surface area contributed by atoms with Gasteiger partial charge in [0.25, 0.3) is 0 Å². The van der Waals surface area contributed by atoms with Crippen molar-refractivity contribution < 1.29 is 14.8 Å². The number of phenols is 1. The largest absolute Gasteiger partial charge is 0.500 e. The number of piperidine rings is 1. The standard InChI is InChI=1S/C15H21N3O4/c1-10-5-4-6-11(2)17(10)16-9-12-7-13(18(20)21)15(19)14(8-12)22-3/h7-11,19H,4-6H2,1-3H3/b16-9+/t10-,11+. The van der Waals surface area contributed by atoms with Crippen molar-refractivity contribution in [2.45, 2.75) is 45.2 Å². The Bertz CT molecular complexity index is 578. The quantitative estimate of drug-likeness (QED) is 0.525. The van der Waals surface area contributed by atoms with Gasteiger partial charge >= 0.3 is 5.69 Å². The number of hydrogen-bond donors (Lipinski definition) is 1. The summed E-state index contributed by atoms with van der Waals surface area (Å²) < 4.78 is 4.98. The van der Waals surface area contributed by atoms with Crippen LogP contribution >= 0.6 is 0 Å². The van der Waals surface area contributed by atoms with E-state index < -0.39 is 10.7 Å².